The van der Waals surface area contributed by atoms with Crippen LogP contribution < -0.4 is 10.6 Å². The van der Waals surface area contributed by atoms with Crippen molar-refractivity contribution >= 4 is 17.5 Å². The van der Waals surface area contributed by atoms with Gasteiger partial charge in [0.1, 0.15) is 6.20 Å². The summed E-state index contributed by atoms with van der Waals surface area (Å²) < 4.78 is 5.48. The molecule has 3 N–H and O–H groups in total. The SMILES string of the molecule is CC1CN(c2nc(N)ncc2[N+](=O)[O-])CC(CO)O1. The van der Waals surface area contributed by atoms with Crippen LogP contribution in [0.2, 0.25) is 0 Å². The molecule has 2 atom stereocenters. The Morgan fingerprint density at radius 2 is 2.42 bits per heavy atom. The van der Waals surface area contributed by atoms with Crippen molar-refractivity contribution in [2.24, 2.45) is 0 Å². The Bertz CT molecular complexity index is 483. The van der Waals surface area contributed by atoms with E-state index in [1.807, 2.05) is 6.92 Å². The molecule has 2 rings (SSSR count). The van der Waals surface area contributed by atoms with E-state index in [1.165, 1.54) is 0 Å². The lowest BCUT2D eigenvalue weighted by molar-refractivity contribution is -0.384. The molecule has 0 saturated carbocycles. The Morgan fingerprint density at radius 3 is 3.05 bits per heavy atom. The first-order valence-electron chi connectivity index (χ1n) is 5.79. The number of nitrogen functional groups attached to an aromatic ring is 1. The third kappa shape index (κ3) is 2.88. The van der Waals surface area contributed by atoms with Gasteiger partial charge in [0.25, 0.3) is 0 Å². The van der Waals surface area contributed by atoms with Crippen LogP contribution in [0.1, 0.15) is 6.92 Å². The second-order valence-corrected chi connectivity index (χ2v) is 4.35. The Morgan fingerprint density at radius 1 is 1.68 bits per heavy atom. The van der Waals surface area contributed by atoms with Crippen molar-refractivity contribution in [3.63, 3.8) is 0 Å². The number of rotatable bonds is 3. The highest BCUT2D eigenvalue weighted by molar-refractivity contribution is 5.58. The van der Waals surface area contributed by atoms with Crippen molar-refractivity contribution in [2.45, 2.75) is 19.1 Å². The molecule has 1 aromatic rings. The molecule has 1 aliphatic heterocycles. The molecule has 0 aromatic carbocycles. The zero-order valence-corrected chi connectivity index (χ0v) is 10.4. The number of morpholine rings is 1. The van der Waals surface area contributed by atoms with E-state index in [-0.39, 0.29) is 30.2 Å². The Hall–Kier alpha value is -2.00. The molecule has 9 nitrogen and oxygen atoms in total. The minimum atomic E-state index is -0.553. The van der Waals surface area contributed by atoms with E-state index in [4.69, 9.17) is 15.6 Å². The maximum Gasteiger partial charge on any atom is 0.329 e. The third-order valence-electron chi connectivity index (χ3n) is 2.79. The second kappa shape index (κ2) is 5.33. The molecule has 1 aliphatic rings. The number of hydrogen-bond acceptors (Lipinski definition) is 8. The van der Waals surface area contributed by atoms with Crippen LogP contribution in [0.4, 0.5) is 17.5 Å². The van der Waals surface area contributed by atoms with Gasteiger partial charge in [0, 0.05) is 13.1 Å². The van der Waals surface area contributed by atoms with Crippen molar-refractivity contribution in [3.8, 4) is 0 Å². The fourth-order valence-corrected chi connectivity index (χ4v) is 2.06. The average Bonchev–Trinajstić information content (AvgIpc) is 2.37. The summed E-state index contributed by atoms with van der Waals surface area (Å²) in [5.74, 6) is 0.131. The Kier molecular flexibility index (Phi) is 3.76. The molecule has 1 saturated heterocycles. The maximum absolute atomic E-state index is 11.0. The number of nitrogens with zero attached hydrogens (tertiary/aromatic N) is 4. The number of aliphatic hydroxyl groups excluding tert-OH is 1. The lowest BCUT2D eigenvalue weighted by atomic mass is 10.2. The van der Waals surface area contributed by atoms with Gasteiger partial charge >= 0.3 is 5.69 Å². The summed E-state index contributed by atoms with van der Waals surface area (Å²) >= 11 is 0. The van der Waals surface area contributed by atoms with Gasteiger partial charge in [-0.2, -0.15) is 4.98 Å². The van der Waals surface area contributed by atoms with E-state index in [0.717, 1.165) is 6.20 Å². The fraction of sp³-hybridized carbons (Fsp3) is 0.600. The molecular weight excluding hydrogens is 254 g/mol. The fourth-order valence-electron chi connectivity index (χ4n) is 2.06. The van der Waals surface area contributed by atoms with Crippen molar-refractivity contribution in [1.29, 1.82) is 0 Å². The van der Waals surface area contributed by atoms with Gasteiger partial charge < -0.3 is 20.5 Å². The van der Waals surface area contributed by atoms with Crippen molar-refractivity contribution in [1.82, 2.24) is 9.97 Å². The van der Waals surface area contributed by atoms with Crippen LogP contribution in [0.3, 0.4) is 0 Å². The predicted octanol–water partition coefficient (Wildman–Crippen LogP) is -0.447. The van der Waals surface area contributed by atoms with E-state index >= 15 is 0 Å². The second-order valence-electron chi connectivity index (χ2n) is 4.35. The van der Waals surface area contributed by atoms with E-state index in [0.29, 0.717) is 13.1 Å². The summed E-state index contributed by atoms with van der Waals surface area (Å²) in [4.78, 5) is 19.7. The Balaban J connectivity index is 2.34. The summed E-state index contributed by atoms with van der Waals surface area (Å²) in [5, 5.41) is 20.1. The number of hydrogen-bond donors (Lipinski definition) is 2. The first-order valence-corrected chi connectivity index (χ1v) is 5.79. The van der Waals surface area contributed by atoms with Crippen LogP contribution in [-0.4, -0.2) is 51.9 Å². The van der Waals surface area contributed by atoms with E-state index in [2.05, 4.69) is 9.97 Å². The van der Waals surface area contributed by atoms with Gasteiger partial charge in [-0.1, -0.05) is 0 Å². The maximum atomic E-state index is 11.0. The van der Waals surface area contributed by atoms with Crippen LogP contribution in [0.15, 0.2) is 6.20 Å². The molecule has 19 heavy (non-hydrogen) atoms. The smallest absolute Gasteiger partial charge is 0.329 e. The highest BCUT2D eigenvalue weighted by atomic mass is 16.6. The number of nitrogens with two attached hydrogens (primary N) is 1. The van der Waals surface area contributed by atoms with E-state index in [9.17, 15) is 10.1 Å². The molecule has 0 bridgehead atoms. The molecule has 1 fully saturated rings. The predicted molar refractivity (Wildman–Crippen MR) is 66.7 cm³/mol. The van der Waals surface area contributed by atoms with Crippen molar-refractivity contribution < 1.29 is 14.8 Å². The normalized spacial score (nSPS) is 23.4. The minimum absolute atomic E-state index is 0.0275. The number of ether oxygens (including phenoxy) is 1. The lowest BCUT2D eigenvalue weighted by Crippen LogP contribution is -2.48. The van der Waals surface area contributed by atoms with Gasteiger partial charge in [-0.25, -0.2) is 4.98 Å². The van der Waals surface area contributed by atoms with Crippen molar-refractivity contribution in [3.05, 3.63) is 16.3 Å². The molecule has 0 radical (unpaired) electrons. The lowest BCUT2D eigenvalue weighted by Gasteiger charge is -2.36. The quantitative estimate of drug-likeness (QED) is 0.558. The van der Waals surface area contributed by atoms with Crippen LogP contribution in [0.5, 0.6) is 0 Å². The van der Waals surface area contributed by atoms with Crippen molar-refractivity contribution in [2.75, 3.05) is 30.3 Å². The minimum Gasteiger partial charge on any atom is -0.394 e. The average molecular weight is 269 g/mol. The van der Waals surface area contributed by atoms with E-state index in [1.54, 1.807) is 4.90 Å². The molecule has 9 heteroatoms. The van der Waals surface area contributed by atoms with Gasteiger partial charge in [0.05, 0.1) is 23.7 Å². The molecule has 2 unspecified atom stereocenters. The van der Waals surface area contributed by atoms with Crippen LogP contribution in [0, 0.1) is 10.1 Å². The zero-order chi connectivity index (χ0) is 14.0. The molecule has 0 amide bonds. The summed E-state index contributed by atoms with van der Waals surface area (Å²) in [6, 6.07) is 0. The largest absolute Gasteiger partial charge is 0.394 e. The van der Waals surface area contributed by atoms with Gasteiger partial charge in [-0.3, -0.25) is 10.1 Å². The van der Waals surface area contributed by atoms with Crippen LogP contribution >= 0.6 is 0 Å². The third-order valence-corrected chi connectivity index (χ3v) is 2.79. The first kappa shape index (κ1) is 13.4. The van der Waals surface area contributed by atoms with Gasteiger partial charge in [-0.15, -0.1) is 0 Å². The first-order chi connectivity index (χ1) is 9.01. The molecule has 1 aromatic heterocycles. The molecule has 0 aliphatic carbocycles. The summed E-state index contributed by atoms with van der Waals surface area (Å²) in [7, 11) is 0. The highest BCUT2D eigenvalue weighted by Gasteiger charge is 2.30. The molecular formula is C10H15N5O4. The summed E-state index contributed by atoms with van der Waals surface area (Å²) in [6.07, 6.45) is 0.521. The van der Waals surface area contributed by atoms with Crippen LogP contribution in [0.25, 0.3) is 0 Å². The number of aromatic nitrogens is 2. The summed E-state index contributed by atoms with van der Waals surface area (Å²) in [6.45, 7) is 2.42. The molecule has 104 valence electrons. The number of anilines is 2. The highest BCUT2D eigenvalue weighted by Crippen LogP contribution is 2.28. The zero-order valence-electron chi connectivity index (χ0n) is 10.4. The standard InChI is InChI=1S/C10H15N5O4/c1-6-3-14(4-7(5-16)19-6)9-8(15(17)18)2-12-10(11)13-9/h2,6-7,16H,3-5H2,1H3,(H2,11,12,13). The number of nitro groups is 1. The Labute approximate surface area is 109 Å². The summed E-state index contributed by atoms with van der Waals surface area (Å²) in [5.41, 5.74) is 5.28. The van der Waals surface area contributed by atoms with Gasteiger partial charge in [0.15, 0.2) is 0 Å². The van der Waals surface area contributed by atoms with Gasteiger partial charge in [0.2, 0.25) is 11.8 Å². The molecule has 2 heterocycles. The topological polar surface area (TPSA) is 128 Å². The number of aliphatic hydroxyl groups is 1. The molecule has 0 spiro atoms. The van der Waals surface area contributed by atoms with E-state index < -0.39 is 11.0 Å². The monoisotopic (exact) mass is 269 g/mol. The van der Waals surface area contributed by atoms with Crippen LogP contribution in [-0.2, 0) is 4.74 Å². The van der Waals surface area contributed by atoms with Gasteiger partial charge in [-0.05, 0) is 6.92 Å².